The number of fused-ring (bicyclic) bond motifs is 8. The Morgan fingerprint density at radius 2 is 0.661 bits per heavy atom. The van der Waals surface area contributed by atoms with Gasteiger partial charge in [-0.1, -0.05) is 121 Å². The molecule has 4 aromatic carbocycles. The molecule has 6 nitrogen and oxygen atoms in total. The largest absolute Gasteiger partial charge is 3.00 e. The number of ketones is 2. The van der Waals surface area contributed by atoms with E-state index >= 15 is 0 Å². The summed E-state index contributed by atoms with van der Waals surface area (Å²) in [6.45, 7) is 2.81. The maximum absolute atomic E-state index is 10.0. The van der Waals surface area contributed by atoms with Crippen molar-refractivity contribution in [3.63, 3.8) is 0 Å². The van der Waals surface area contributed by atoms with Crippen LogP contribution in [0.4, 0.5) is 0 Å². The Kier molecular flexibility index (Phi) is 11.8. The number of rotatable bonds is 6. The number of aromatic nitrogens is 4. The van der Waals surface area contributed by atoms with Crippen molar-refractivity contribution in [2.75, 3.05) is 0 Å². The SMILES string of the molecule is C1=Cc2nc1c(-c1ccccc1)c1nc(c(-c3ccccc3)c3ccc([nH]3)c(-c3ccccc3)c3ccc([nH]3)c2-c2ccccc2)C=C1.CC(=O)CC(C)=O.[Dy+3]. The Morgan fingerprint density at radius 1 is 0.393 bits per heavy atom. The van der Waals surface area contributed by atoms with Crippen LogP contribution in [-0.4, -0.2) is 31.5 Å². The van der Waals surface area contributed by atoms with Crippen LogP contribution in [0.25, 0.3) is 90.9 Å². The van der Waals surface area contributed by atoms with Gasteiger partial charge in [-0.25, -0.2) is 9.97 Å². The molecule has 3 aromatic heterocycles. The normalized spacial score (nSPS) is 11.3. The topological polar surface area (TPSA) is 91.5 Å². The van der Waals surface area contributed by atoms with Gasteiger partial charge in [0.15, 0.2) is 0 Å². The van der Waals surface area contributed by atoms with Gasteiger partial charge in [0, 0.05) is 44.3 Å². The zero-order valence-corrected chi connectivity index (χ0v) is 32.9. The van der Waals surface area contributed by atoms with Crippen LogP contribution < -0.4 is 0 Å². The van der Waals surface area contributed by atoms with Crippen LogP contribution in [0.3, 0.4) is 0 Å². The zero-order valence-electron chi connectivity index (χ0n) is 30.9. The van der Waals surface area contributed by atoms with Gasteiger partial charge in [-0.15, -0.1) is 0 Å². The third-order valence-electron chi connectivity index (χ3n) is 9.50. The Balaban J connectivity index is 0.000000552. The summed E-state index contributed by atoms with van der Waals surface area (Å²) < 4.78 is 0. The maximum Gasteiger partial charge on any atom is 3.00 e. The Labute approximate surface area is 356 Å². The number of hydrogen-bond acceptors (Lipinski definition) is 4. The maximum atomic E-state index is 10.0. The van der Waals surface area contributed by atoms with Crippen LogP contribution in [0.2, 0.25) is 0 Å². The molecule has 0 saturated heterocycles. The summed E-state index contributed by atoms with van der Waals surface area (Å²) in [4.78, 5) is 38.4. The van der Waals surface area contributed by atoms with Crippen LogP contribution in [-0.2, 0) is 9.59 Å². The molecule has 5 heterocycles. The second-order valence-electron chi connectivity index (χ2n) is 13.5. The van der Waals surface area contributed by atoms with Gasteiger partial charge in [0.1, 0.15) is 11.6 Å². The molecule has 0 unspecified atom stereocenters. The van der Waals surface area contributed by atoms with Gasteiger partial charge >= 0.3 is 38.2 Å². The molecule has 9 rings (SSSR count). The first kappa shape index (κ1) is 38.4. The fourth-order valence-electron chi connectivity index (χ4n) is 7.19. The second-order valence-corrected chi connectivity index (χ2v) is 13.5. The van der Waals surface area contributed by atoms with Crippen LogP contribution in [0.5, 0.6) is 0 Å². The zero-order chi connectivity index (χ0) is 37.7. The quantitative estimate of drug-likeness (QED) is 0.163. The van der Waals surface area contributed by atoms with Crippen molar-refractivity contribution in [3.05, 3.63) is 168 Å². The average Bonchev–Trinajstić information content (AvgIpc) is 4.04. The van der Waals surface area contributed by atoms with E-state index in [0.29, 0.717) is 0 Å². The summed E-state index contributed by atoms with van der Waals surface area (Å²) in [5, 5.41) is 0. The number of aromatic amines is 2. The number of carbonyl (C=O) groups excluding carboxylic acids is 2. The molecule has 0 amide bonds. The fourth-order valence-corrected chi connectivity index (χ4v) is 7.19. The molecule has 7 heteroatoms. The Hall–Kier alpha value is -5.91. The molecule has 0 atom stereocenters. The van der Waals surface area contributed by atoms with Crippen LogP contribution in [0, 0.1) is 38.2 Å². The summed E-state index contributed by atoms with van der Waals surface area (Å²) in [7, 11) is 0. The second kappa shape index (κ2) is 17.3. The first-order valence-electron chi connectivity index (χ1n) is 18.3. The molecular formula is C49H38DyN4O2+3. The minimum absolute atomic E-state index is 0. The molecule has 2 N–H and O–H groups in total. The number of carbonyl (C=O) groups is 2. The third kappa shape index (κ3) is 8.19. The van der Waals surface area contributed by atoms with Crippen molar-refractivity contribution in [2.45, 2.75) is 20.3 Å². The van der Waals surface area contributed by atoms with E-state index in [0.717, 1.165) is 89.4 Å². The Morgan fingerprint density at radius 3 is 0.964 bits per heavy atom. The molecule has 0 aliphatic carbocycles. The molecule has 2 aliphatic rings. The molecule has 8 bridgehead atoms. The molecule has 2 aliphatic heterocycles. The predicted molar refractivity (Wildman–Crippen MR) is 227 cm³/mol. The fraction of sp³-hybridized carbons (Fsp3) is 0.0612. The van der Waals surface area contributed by atoms with E-state index < -0.39 is 0 Å². The van der Waals surface area contributed by atoms with Crippen molar-refractivity contribution in [1.29, 1.82) is 0 Å². The summed E-state index contributed by atoms with van der Waals surface area (Å²) in [6.07, 6.45) is 8.58. The summed E-state index contributed by atoms with van der Waals surface area (Å²) in [5.41, 5.74) is 16.2. The monoisotopic (exact) mass is 878 g/mol. The van der Waals surface area contributed by atoms with Gasteiger partial charge in [0.2, 0.25) is 0 Å². The van der Waals surface area contributed by atoms with E-state index in [1.807, 2.05) is 18.2 Å². The molecule has 7 aromatic rings. The van der Waals surface area contributed by atoms with Gasteiger partial charge < -0.3 is 9.97 Å². The van der Waals surface area contributed by atoms with Crippen molar-refractivity contribution in [2.24, 2.45) is 0 Å². The van der Waals surface area contributed by atoms with E-state index in [1.54, 1.807) is 0 Å². The molecule has 0 spiro atoms. The van der Waals surface area contributed by atoms with Gasteiger partial charge in [0.05, 0.1) is 29.2 Å². The minimum atomic E-state index is -0.0625. The van der Waals surface area contributed by atoms with Crippen molar-refractivity contribution in [3.8, 4) is 44.5 Å². The Bertz CT molecular complexity index is 2620. The van der Waals surface area contributed by atoms with Crippen molar-refractivity contribution in [1.82, 2.24) is 19.9 Å². The number of benzene rings is 4. The molecule has 56 heavy (non-hydrogen) atoms. The van der Waals surface area contributed by atoms with Gasteiger partial charge in [0.25, 0.3) is 0 Å². The van der Waals surface area contributed by atoms with Crippen LogP contribution in [0.1, 0.15) is 43.0 Å². The minimum Gasteiger partial charge on any atom is -0.354 e. The van der Waals surface area contributed by atoms with Gasteiger partial charge in [-0.3, -0.25) is 9.59 Å². The standard InChI is InChI=1S/C44H30N4.C5H8O2.Dy/c1-5-13-29(14-6-1)41-33-21-23-35(45-33)42(30-15-7-2-8-16-30)37-25-27-39(47-37)44(32-19-11-4-12-20-32)40-28-26-38(48-40)43(31-17-9-3-10-18-31)36-24-22-34(41)46-36;1-4(6)3-5(2)7;/h1-28,45-46H;3H2,1-2H3;/q;;+3. The number of nitrogens with zero attached hydrogens (tertiary/aromatic N) is 2. The first-order valence-corrected chi connectivity index (χ1v) is 18.3. The molecule has 1 radical (unpaired) electrons. The first-order chi connectivity index (χ1) is 26.9. The average molecular weight is 877 g/mol. The number of nitrogens with one attached hydrogen (secondary N) is 2. The summed E-state index contributed by atoms with van der Waals surface area (Å²) >= 11 is 0. The van der Waals surface area contributed by atoms with Gasteiger partial charge in [-0.05, 0) is 84.7 Å². The predicted octanol–water partition coefficient (Wildman–Crippen LogP) is 11.9. The molecule has 0 fully saturated rings. The van der Waals surface area contributed by atoms with E-state index in [9.17, 15) is 9.59 Å². The molecular weight excluding hydrogens is 839 g/mol. The van der Waals surface area contributed by atoms with E-state index in [1.165, 1.54) is 13.8 Å². The number of Topliss-reactive ketones (excluding diaryl/α,β-unsaturated/α-hetero) is 2. The van der Waals surface area contributed by atoms with Crippen LogP contribution >= 0.6 is 0 Å². The number of hydrogen-bond donors (Lipinski definition) is 2. The van der Waals surface area contributed by atoms with E-state index in [4.69, 9.17) is 9.97 Å². The molecule has 273 valence electrons. The van der Waals surface area contributed by atoms with Crippen LogP contribution in [0.15, 0.2) is 146 Å². The van der Waals surface area contributed by atoms with E-state index in [-0.39, 0.29) is 56.2 Å². The third-order valence-corrected chi connectivity index (χ3v) is 9.50. The van der Waals surface area contributed by atoms with Crippen molar-refractivity contribution >= 4 is 57.9 Å². The summed E-state index contributed by atoms with van der Waals surface area (Å²) in [6, 6.07) is 50.7. The summed E-state index contributed by atoms with van der Waals surface area (Å²) in [5.74, 6) is -0.125. The van der Waals surface area contributed by atoms with Crippen molar-refractivity contribution < 1.29 is 47.8 Å². The molecule has 0 saturated carbocycles. The smallest absolute Gasteiger partial charge is 0.354 e. The number of H-pyrrole nitrogens is 2. The van der Waals surface area contributed by atoms with Gasteiger partial charge in [-0.2, -0.15) is 0 Å². The van der Waals surface area contributed by atoms with E-state index in [2.05, 4.69) is 162 Å².